The summed E-state index contributed by atoms with van der Waals surface area (Å²) in [4.78, 5) is 20.0. The van der Waals surface area contributed by atoms with E-state index >= 15 is 0 Å². The Hall–Kier alpha value is -3.09. The Labute approximate surface area is 163 Å². The van der Waals surface area contributed by atoms with Crippen molar-refractivity contribution in [3.8, 4) is 23.1 Å². The SMILES string of the molecule is CC(=O)N[C@@H](C)COc1ccc2nc(-c3ccc(OCC4CC4)cn3)oc2c1. The number of pyridine rings is 1. The summed E-state index contributed by atoms with van der Waals surface area (Å²) in [5.74, 6) is 2.49. The van der Waals surface area contributed by atoms with Crippen molar-refractivity contribution in [3.05, 3.63) is 36.5 Å². The Kier molecular flexibility index (Phi) is 5.14. The number of nitrogens with one attached hydrogen (secondary N) is 1. The predicted molar refractivity (Wildman–Crippen MR) is 104 cm³/mol. The number of carbonyl (C=O) groups excluding carboxylic acids is 1. The highest BCUT2D eigenvalue weighted by Crippen LogP contribution is 2.30. The third kappa shape index (κ3) is 4.60. The maximum absolute atomic E-state index is 11.1. The van der Waals surface area contributed by atoms with Crippen LogP contribution in [0.25, 0.3) is 22.7 Å². The molecule has 4 rings (SSSR count). The summed E-state index contributed by atoms with van der Waals surface area (Å²) in [6, 6.07) is 9.12. The summed E-state index contributed by atoms with van der Waals surface area (Å²) < 4.78 is 17.3. The minimum atomic E-state index is -0.0807. The third-order valence-electron chi connectivity index (χ3n) is 4.45. The van der Waals surface area contributed by atoms with Crippen LogP contribution >= 0.6 is 0 Å². The summed E-state index contributed by atoms with van der Waals surface area (Å²) in [5.41, 5.74) is 2.00. The quantitative estimate of drug-likeness (QED) is 0.642. The van der Waals surface area contributed by atoms with Crippen molar-refractivity contribution in [2.75, 3.05) is 13.2 Å². The first kappa shape index (κ1) is 18.3. The molecule has 0 unspecified atom stereocenters. The molecule has 1 amide bonds. The monoisotopic (exact) mass is 381 g/mol. The van der Waals surface area contributed by atoms with Crippen molar-refractivity contribution < 1.29 is 18.7 Å². The molecular formula is C21H23N3O4. The van der Waals surface area contributed by atoms with Gasteiger partial charge in [0.2, 0.25) is 11.8 Å². The molecule has 0 saturated heterocycles. The van der Waals surface area contributed by atoms with Gasteiger partial charge >= 0.3 is 0 Å². The molecule has 2 heterocycles. The number of oxazole rings is 1. The Morgan fingerprint density at radius 3 is 2.79 bits per heavy atom. The number of benzene rings is 1. The molecule has 28 heavy (non-hydrogen) atoms. The Morgan fingerprint density at radius 1 is 1.25 bits per heavy atom. The zero-order valence-corrected chi connectivity index (χ0v) is 16.0. The van der Waals surface area contributed by atoms with E-state index in [-0.39, 0.29) is 11.9 Å². The topological polar surface area (TPSA) is 86.5 Å². The van der Waals surface area contributed by atoms with E-state index in [1.165, 1.54) is 19.8 Å². The van der Waals surface area contributed by atoms with Gasteiger partial charge in [0.25, 0.3) is 0 Å². The molecule has 0 spiro atoms. The van der Waals surface area contributed by atoms with Crippen molar-refractivity contribution in [2.45, 2.75) is 32.7 Å². The smallest absolute Gasteiger partial charge is 0.246 e. The van der Waals surface area contributed by atoms with Crippen LogP contribution in [0.1, 0.15) is 26.7 Å². The molecule has 1 aliphatic carbocycles. The highest BCUT2D eigenvalue weighted by molar-refractivity contribution is 5.77. The molecule has 146 valence electrons. The van der Waals surface area contributed by atoms with Crippen LogP contribution in [-0.2, 0) is 4.79 Å². The van der Waals surface area contributed by atoms with Crippen LogP contribution in [0.15, 0.2) is 40.9 Å². The number of amides is 1. The number of aromatic nitrogens is 2. The van der Waals surface area contributed by atoms with E-state index in [2.05, 4.69) is 15.3 Å². The maximum atomic E-state index is 11.1. The first-order valence-electron chi connectivity index (χ1n) is 9.46. The predicted octanol–water partition coefficient (Wildman–Crippen LogP) is 3.58. The number of hydrogen-bond donors (Lipinski definition) is 1. The van der Waals surface area contributed by atoms with Crippen LogP contribution in [0.3, 0.4) is 0 Å². The van der Waals surface area contributed by atoms with Crippen LogP contribution < -0.4 is 14.8 Å². The first-order valence-corrected chi connectivity index (χ1v) is 9.46. The summed E-state index contributed by atoms with van der Waals surface area (Å²) in [5, 5.41) is 2.78. The number of nitrogens with zero attached hydrogens (tertiary/aromatic N) is 2. The lowest BCUT2D eigenvalue weighted by Crippen LogP contribution is -2.35. The zero-order chi connectivity index (χ0) is 19.5. The van der Waals surface area contributed by atoms with Gasteiger partial charge in [-0.15, -0.1) is 0 Å². The average Bonchev–Trinajstić information content (AvgIpc) is 3.41. The third-order valence-corrected chi connectivity index (χ3v) is 4.45. The number of carbonyl (C=O) groups is 1. The second-order valence-corrected chi connectivity index (χ2v) is 7.19. The zero-order valence-electron chi connectivity index (χ0n) is 16.0. The van der Waals surface area contributed by atoms with E-state index in [0.29, 0.717) is 35.4 Å². The van der Waals surface area contributed by atoms with Gasteiger partial charge < -0.3 is 19.2 Å². The van der Waals surface area contributed by atoms with Crippen molar-refractivity contribution in [3.63, 3.8) is 0 Å². The van der Waals surface area contributed by atoms with E-state index in [9.17, 15) is 4.79 Å². The lowest BCUT2D eigenvalue weighted by atomic mass is 10.3. The van der Waals surface area contributed by atoms with E-state index in [0.717, 1.165) is 17.9 Å². The standard InChI is InChI=1S/C21H23N3O4/c1-13(23-14(2)25)11-26-16-5-7-18-20(9-16)28-21(24-18)19-8-6-17(10-22-19)27-12-15-3-4-15/h5-10,13,15H,3-4,11-12H2,1-2H3,(H,23,25)/t13-/m0/s1. The second-order valence-electron chi connectivity index (χ2n) is 7.19. The largest absolute Gasteiger partial charge is 0.492 e. The molecule has 1 saturated carbocycles. The highest BCUT2D eigenvalue weighted by atomic mass is 16.5. The van der Waals surface area contributed by atoms with Crippen LogP contribution in [0, 0.1) is 5.92 Å². The minimum Gasteiger partial charge on any atom is -0.492 e. The summed E-state index contributed by atoms with van der Waals surface area (Å²) in [6.07, 6.45) is 4.21. The van der Waals surface area contributed by atoms with Crippen molar-refractivity contribution in [1.29, 1.82) is 0 Å². The molecule has 3 aromatic rings. The van der Waals surface area contributed by atoms with Gasteiger partial charge in [0.05, 0.1) is 18.8 Å². The normalized spacial score (nSPS) is 14.6. The molecule has 0 aliphatic heterocycles. The van der Waals surface area contributed by atoms with Gasteiger partial charge in [-0.2, -0.15) is 0 Å². The average molecular weight is 381 g/mol. The molecule has 2 aromatic heterocycles. The van der Waals surface area contributed by atoms with Crippen LogP contribution in [0.4, 0.5) is 0 Å². The Morgan fingerprint density at radius 2 is 2.07 bits per heavy atom. The highest BCUT2D eigenvalue weighted by Gasteiger charge is 2.22. The van der Waals surface area contributed by atoms with Crippen LogP contribution in [-0.4, -0.2) is 35.1 Å². The Balaban J connectivity index is 1.43. The molecule has 1 fully saturated rings. The van der Waals surface area contributed by atoms with Gasteiger partial charge in [0.1, 0.15) is 29.3 Å². The Bertz CT molecular complexity index is 963. The van der Waals surface area contributed by atoms with Crippen LogP contribution in [0.5, 0.6) is 11.5 Å². The molecule has 1 aromatic carbocycles. The summed E-state index contributed by atoms with van der Waals surface area (Å²) in [6.45, 7) is 4.50. The molecule has 0 radical (unpaired) electrons. The number of ether oxygens (including phenoxy) is 2. The fourth-order valence-corrected chi connectivity index (χ4v) is 2.80. The van der Waals surface area contributed by atoms with Gasteiger partial charge in [-0.25, -0.2) is 9.97 Å². The molecule has 0 bridgehead atoms. The van der Waals surface area contributed by atoms with Crippen LogP contribution in [0.2, 0.25) is 0 Å². The van der Waals surface area contributed by atoms with Crippen molar-refractivity contribution >= 4 is 17.0 Å². The van der Waals surface area contributed by atoms with E-state index in [4.69, 9.17) is 13.9 Å². The minimum absolute atomic E-state index is 0.0802. The number of fused-ring (bicyclic) bond motifs is 1. The molecule has 1 atom stereocenters. The first-order chi connectivity index (χ1) is 13.6. The van der Waals surface area contributed by atoms with Gasteiger partial charge in [-0.05, 0) is 49.9 Å². The lowest BCUT2D eigenvalue weighted by molar-refractivity contribution is -0.119. The lowest BCUT2D eigenvalue weighted by Gasteiger charge is -2.13. The maximum Gasteiger partial charge on any atom is 0.246 e. The van der Waals surface area contributed by atoms with Crippen molar-refractivity contribution in [2.24, 2.45) is 5.92 Å². The van der Waals surface area contributed by atoms with E-state index in [1.54, 1.807) is 12.3 Å². The molecule has 7 nitrogen and oxygen atoms in total. The van der Waals surface area contributed by atoms with E-state index < -0.39 is 0 Å². The molecule has 1 aliphatic rings. The van der Waals surface area contributed by atoms with Gasteiger partial charge in [-0.3, -0.25) is 4.79 Å². The fourth-order valence-electron chi connectivity index (χ4n) is 2.80. The molecular weight excluding hydrogens is 358 g/mol. The van der Waals surface area contributed by atoms with Gasteiger partial charge in [0.15, 0.2) is 5.58 Å². The van der Waals surface area contributed by atoms with Gasteiger partial charge in [0, 0.05) is 13.0 Å². The van der Waals surface area contributed by atoms with E-state index in [1.807, 2.05) is 31.2 Å². The number of rotatable bonds is 8. The summed E-state index contributed by atoms with van der Waals surface area (Å²) in [7, 11) is 0. The van der Waals surface area contributed by atoms with Gasteiger partial charge in [-0.1, -0.05) is 0 Å². The molecule has 1 N–H and O–H groups in total. The number of hydrogen-bond acceptors (Lipinski definition) is 6. The second kappa shape index (κ2) is 7.88. The summed E-state index contributed by atoms with van der Waals surface area (Å²) >= 11 is 0. The fraction of sp³-hybridized carbons (Fsp3) is 0.381. The molecule has 7 heteroatoms. The van der Waals surface area contributed by atoms with Crippen molar-refractivity contribution in [1.82, 2.24) is 15.3 Å².